The van der Waals surface area contributed by atoms with Crippen LogP contribution < -0.4 is 16.4 Å². The Kier molecular flexibility index (Phi) is 5.76. The minimum absolute atomic E-state index is 0.702. The fraction of sp³-hybridized carbons (Fsp3) is 0.136. The number of aromatic nitrogens is 1. The molecule has 0 radical (unpaired) electrons. The predicted octanol–water partition coefficient (Wildman–Crippen LogP) is 5.40. The first kappa shape index (κ1) is 18.7. The van der Waals surface area contributed by atoms with E-state index in [0.717, 1.165) is 41.9 Å². The van der Waals surface area contributed by atoms with Crippen LogP contribution in [0.5, 0.6) is 0 Å². The molecule has 6 heteroatoms. The summed E-state index contributed by atoms with van der Waals surface area (Å²) < 4.78 is 0. The fourth-order valence-corrected chi connectivity index (χ4v) is 4.20. The molecule has 0 fully saturated rings. The summed E-state index contributed by atoms with van der Waals surface area (Å²) in [6, 6.07) is 20.1. The summed E-state index contributed by atoms with van der Waals surface area (Å²) in [6.07, 6.45) is 1.80. The van der Waals surface area contributed by atoms with Crippen molar-refractivity contribution in [3.05, 3.63) is 76.8 Å². The average Bonchev–Trinajstić information content (AvgIpc) is 3.17. The van der Waals surface area contributed by atoms with Crippen LogP contribution in [0.1, 0.15) is 4.88 Å². The highest BCUT2D eigenvalue weighted by Gasteiger charge is 2.04. The van der Waals surface area contributed by atoms with Crippen LogP contribution in [0, 0.1) is 0 Å². The fourth-order valence-electron chi connectivity index (χ4n) is 3.05. The summed E-state index contributed by atoms with van der Waals surface area (Å²) >= 11 is 7.85. The molecule has 0 spiro atoms. The minimum atomic E-state index is 0.702. The van der Waals surface area contributed by atoms with Crippen LogP contribution in [0.2, 0.25) is 5.02 Å². The Morgan fingerprint density at radius 1 is 0.964 bits per heavy atom. The van der Waals surface area contributed by atoms with Crippen LogP contribution in [-0.2, 0) is 6.54 Å². The number of hydrogen-bond acceptors (Lipinski definition) is 5. The summed E-state index contributed by atoms with van der Waals surface area (Å²) in [5, 5.41) is 8.75. The van der Waals surface area contributed by atoms with Gasteiger partial charge >= 0.3 is 0 Å². The van der Waals surface area contributed by atoms with Gasteiger partial charge in [-0.25, -0.2) is 0 Å². The molecule has 0 unspecified atom stereocenters. The van der Waals surface area contributed by atoms with Crippen LogP contribution in [-0.4, -0.2) is 18.1 Å². The van der Waals surface area contributed by atoms with Crippen molar-refractivity contribution in [2.45, 2.75) is 6.54 Å². The van der Waals surface area contributed by atoms with Crippen molar-refractivity contribution in [3.63, 3.8) is 0 Å². The second-order valence-electron chi connectivity index (χ2n) is 6.51. The third kappa shape index (κ3) is 4.44. The predicted molar refractivity (Wildman–Crippen MR) is 121 cm³/mol. The topological polar surface area (TPSA) is 63.0 Å². The smallest absolute Gasteiger partial charge is 0.0737 e. The van der Waals surface area contributed by atoms with E-state index >= 15 is 0 Å². The number of benzene rings is 2. The number of nitrogen functional groups attached to an aromatic ring is 1. The number of nitrogens with one attached hydrogen (secondary N) is 2. The third-order valence-corrected chi connectivity index (χ3v) is 5.85. The van der Waals surface area contributed by atoms with Crippen LogP contribution in [0.25, 0.3) is 21.3 Å². The Bertz CT molecular complexity index is 1080. The molecule has 4 nitrogen and oxygen atoms in total. The molecule has 0 bridgehead atoms. The Balaban J connectivity index is 1.28. The highest BCUT2D eigenvalue weighted by Crippen LogP contribution is 2.28. The zero-order chi connectivity index (χ0) is 19.3. The Labute approximate surface area is 173 Å². The summed E-state index contributed by atoms with van der Waals surface area (Å²) in [5.74, 6) is 0. The van der Waals surface area contributed by atoms with Crippen LogP contribution >= 0.6 is 22.9 Å². The van der Waals surface area contributed by atoms with E-state index in [9.17, 15) is 0 Å². The van der Waals surface area contributed by atoms with E-state index in [0.29, 0.717) is 5.02 Å². The quantitative estimate of drug-likeness (QED) is 0.283. The number of nitrogens with zero attached hydrogens (tertiary/aromatic N) is 1. The van der Waals surface area contributed by atoms with Crippen molar-refractivity contribution in [2.24, 2.45) is 0 Å². The Hall–Kier alpha value is -2.60. The Morgan fingerprint density at radius 2 is 1.82 bits per heavy atom. The van der Waals surface area contributed by atoms with Gasteiger partial charge in [0, 0.05) is 57.4 Å². The number of nitrogens with two attached hydrogens (primary N) is 1. The summed E-state index contributed by atoms with van der Waals surface area (Å²) in [7, 11) is 0. The lowest BCUT2D eigenvalue weighted by molar-refractivity contribution is 0.714. The number of hydrogen-bond donors (Lipinski definition) is 3. The van der Waals surface area contributed by atoms with Crippen molar-refractivity contribution < 1.29 is 0 Å². The lowest BCUT2D eigenvalue weighted by Gasteiger charge is -2.10. The highest BCUT2D eigenvalue weighted by atomic mass is 35.5. The monoisotopic (exact) mass is 408 g/mol. The van der Waals surface area contributed by atoms with E-state index in [2.05, 4.69) is 39.9 Å². The summed E-state index contributed by atoms with van der Waals surface area (Å²) in [5.41, 5.74) is 9.73. The van der Waals surface area contributed by atoms with Gasteiger partial charge in [0.1, 0.15) is 0 Å². The minimum Gasteiger partial charge on any atom is -0.399 e. The number of fused-ring (bicyclic) bond motifs is 1. The van der Waals surface area contributed by atoms with Crippen LogP contribution in [0.4, 0.5) is 11.4 Å². The van der Waals surface area contributed by atoms with Crippen molar-refractivity contribution in [1.82, 2.24) is 10.3 Å². The van der Waals surface area contributed by atoms with Crippen LogP contribution in [0.3, 0.4) is 0 Å². The molecule has 0 amide bonds. The van der Waals surface area contributed by atoms with Gasteiger partial charge in [-0.3, -0.25) is 4.98 Å². The van der Waals surface area contributed by atoms with Gasteiger partial charge in [-0.2, -0.15) is 0 Å². The maximum Gasteiger partial charge on any atom is 0.0737 e. The van der Waals surface area contributed by atoms with E-state index in [1.54, 1.807) is 17.5 Å². The molecule has 4 rings (SSSR count). The SMILES string of the molecule is Nc1ccc(-c2ccc(CNCCNc3ccnc4cc(Cl)ccc34)s2)cc1. The number of rotatable bonds is 7. The maximum absolute atomic E-state index is 6.05. The van der Waals surface area contributed by atoms with E-state index in [1.165, 1.54) is 15.3 Å². The molecular weight excluding hydrogens is 388 g/mol. The lowest BCUT2D eigenvalue weighted by atomic mass is 10.2. The van der Waals surface area contributed by atoms with E-state index in [1.807, 2.05) is 36.4 Å². The molecule has 4 N–H and O–H groups in total. The first-order valence-electron chi connectivity index (χ1n) is 9.12. The zero-order valence-corrected chi connectivity index (χ0v) is 16.9. The van der Waals surface area contributed by atoms with Crippen molar-refractivity contribution in [2.75, 3.05) is 24.1 Å². The van der Waals surface area contributed by atoms with Gasteiger partial charge in [-0.1, -0.05) is 23.7 Å². The van der Waals surface area contributed by atoms with Gasteiger partial charge in [0.15, 0.2) is 0 Å². The lowest BCUT2D eigenvalue weighted by Crippen LogP contribution is -2.21. The second kappa shape index (κ2) is 8.61. The first-order chi connectivity index (χ1) is 13.7. The number of halogens is 1. The van der Waals surface area contributed by atoms with Gasteiger partial charge in [-0.15, -0.1) is 11.3 Å². The average molecular weight is 409 g/mol. The summed E-state index contributed by atoms with van der Waals surface area (Å²) in [6.45, 7) is 2.55. The van der Waals surface area contributed by atoms with E-state index in [4.69, 9.17) is 17.3 Å². The van der Waals surface area contributed by atoms with Crippen molar-refractivity contribution in [3.8, 4) is 10.4 Å². The molecule has 2 aromatic carbocycles. The molecular formula is C22H21ClN4S. The van der Waals surface area contributed by atoms with Gasteiger partial charge in [0.05, 0.1) is 5.52 Å². The maximum atomic E-state index is 6.05. The molecule has 4 aromatic rings. The molecule has 0 atom stereocenters. The third-order valence-electron chi connectivity index (χ3n) is 4.48. The van der Waals surface area contributed by atoms with Crippen molar-refractivity contribution in [1.29, 1.82) is 0 Å². The number of thiophene rings is 1. The molecule has 0 saturated heterocycles. The molecule has 2 heterocycles. The van der Waals surface area contributed by atoms with E-state index < -0.39 is 0 Å². The van der Waals surface area contributed by atoms with Crippen molar-refractivity contribution >= 4 is 45.2 Å². The van der Waals surface area contributed by atoms with Gasteiger partial charge < -0.3 is 16.4 Å². The second-order valence-corrected chi connectivity index (χ2v) is 8.12. The molecule has 0 aliphatic rings. The normalized spacial score (nSPS) is 11.0. The Morgan fingerprint density at radius 3 is 2.68 bits per heavy atom. The first-order valence-corrected chi connectivity index (χ1v) is 10.3. The number of pyridine rings is 1. The molecule has 142 valence electrons. The largest absolute Gasteiger partial charge is 0.399 e. The number of anilines is 2. The molecule has 0 saturated carbocycles. The molecule has 0 aliphatic carbocycles. The molecule has 0 aliphatic heterocycles. The summed E-state index contributed by atoms with van der Waals surface area (Å²) in [4.78, 5) is 6.95. The highest BCUT2D eigenvalue weighted by molar-refractivity contribution is 7.15. The van der Waals surface area contributed by atoms with Crippen LogP contribution in [0.15, 0.2) is 66.9 Å². The molecule has 2 aromatic heterocycles. The standard InChI is InChI=1S/C22H21ClN4S/c23-16-3-7-19-20(9-10-26-21(19)13-16)27-12-11-25-14-18-6-8-22(28-18)15-1-4-17(24)5-2-15/h1-10,13,25H,11-12,14,24H2,(H,26,27). The zero-order valence-electron chi connectivity index (χ0n) is 15.3. The van der Waals surface area contributed by atoms with Gasteiger partial charge in [0.25, 0.3) is 0 Å². The van der Waals surface area contributed by atoms with Gasteiger partial charge in [0.2, 0.25) is 0 Å². The van der Waals surface area contributed by atoms with E-state index in [-0.39, 0.29) is 0 Å². The molecule has 28 heavy (non-hydrogen) atoms. The van der Waals surface area contributed by atoms with Gasteiger partial charge in [-0.05, 0) is 54.1 Å².